The van der Waals surface area contributed by atoms with Crippen LogP contribution in [-0.2, 0) is 78.0 Å². The van der Waals surface area contributed by atoms with Crippen LogP contribution in [0, 0.1) is 0 Å². The van der Waals surface area contributed by atoms with Gasteiger partial charge in [0.05, 0.1) is 46.6 Å². The van der Waals surface area contributed by atoms with Crippen molar-refractivity contribution in [2.75, 3.05) is 52.1 Å². The lowest BCUT2D eigenvalue weighted by Gasteiger charge is -2.34. The van der Waals surface area contributed by atoms with Gasteiger partial charge in [0.15, 0.2) is 0 Å². The first-order valence-electron chi connectivity index (χ1n) is 18.4. The van der Waals surface area contributed by atoms with Gasteiger partial charge in [-0.05, 0) is 6.42 Å². The van der Waals surface area contributed by atoms with Crippen LogP contribution in [0.5, 0.6) is 0 Å². The van der Waals surface area contributed by atoms with Crippen LogP contribution in [0.25, 0.3) is 22.3 Å². The Morgan fingerprint density at radius 2 is 1.25 bits per heavy atom. The number of aryl methyl sites for hydroxylation is 2. The molecule has 12 atom stereocenters. The molecular formula is C28H44N10O22P4. The number of phosphoric acid groups is 4. The highest BCUT2D eigenvalue weighted by Gasteiger charge is 2.49. The largest absolute Gasteiger partial charge is 0.756 e. The second-order valence-electron chi connectivity index (χ2n) is 14.0. The van der Waals surface area contributed by atoms with E-state index in [-0.39, 0.29) is 40.6 Å². The Labute approximate surface area is 358 Å². The molecule has 64 heavy (non-hydrogen) atoms. The Bertz CT molecular complexity index is 2660. The molecule has 36 heteroatoms. The highest BCUT2D eigenvalue weighted by molar-refractivity contribution is 7.47. The molecule has 5 unspecified atom stereocenters. The zero-order valence-electron chi connectivity index (χ0n) is 33.8. The molecule has 0 spiro atoms. The third kappa shape index (κ3) is 11.6. The molecule has 0 aromatic carbocycles. The minimum Gasteiger partial charge on any atom is -0.756 e. The number of ether oxygens (including phenoxy) is 2. The number of aliphatic hydroxyl groups excluding tert-OH is 2. The van der Waals surface area contributed by atoms with Gasteiger partial charge in [-0.25, -0.2) is 18.3 Å². The van der Waals surface area contributed by atoms with Crippen molar-refractivity contribution in [2.24, 2.45) is 14.1 Å². The van der Waals surface area contributed by atoms with Crippen LogP contribution in [0.3, 0.4) is 0 Å². The number of aromatic nitrogens is 8. The summed E-state index contributed by atoms with van der Waals surface area (Å²) >= 11 is 0. The van der Waals surface area contributed by atoms with Gasteiger partial charge in [-0.1, -0.05) is 0 Å². The highest BCUT2D eigenvalue weighted by atomic mass is 31.2. The summed E-state index contributed by atoms with van der Waals surface area (Å²) < 4.78 is 106. The lowest BCUT2D eigenvalue weighted by atomic mass is 10.1. The number of H-pyrrole nitrogens is 2. The molecule has 0 saturated carbocycles. The fraction of sp³-hybridized carbons (Fsp3) is 0.643. The SMILES string of the molecule is COP(=O)([O-])OC(COP(=O)(O)OC[C@@H]1CC[C@H](n2c[n+](C)c3c(=O)[nH]c(N)nc32)O1)[C@@H](COP(=O)(O)OC[C@H]1O[C@@H](n2c[n+](C)c3c(=O)[nH]c(N)nc32)[C@H](O)[C@@H]1O)OP(=O)([O-])OC. The van der Waals surface area contributed by atoms with Gasteiger partial charge in [0, 0.05) is 20.6 Å². The fourth-order valence-corrected chi connectivity index (χ4v) is 9.37. The maximum absolute atomic E-state index is 13.1. The Kier molecular flexibility index (Phi) is 15.2. The first-order chi connectivity index (χ1) is 29.8. The molecule has 0 radical (unpaired) electrons. The molecule has 6 heterocycles. The van der Waals surface area contributed by atoms with Gasteiger partial charge < -0.3 is 68.8 Å². The van der Waals surface area contributed by atoms with E-state index in [0.29, 0.717) is 20.6 Å². The van der Waals surface area contributed by atoms with Gasteiger partial charge in [-0.3, -0.25) is 46.8 Å². The molecule has 0 amide bonds. The summed E-state index contributed by atoms with van der Waals surface area (Å²) in [7, 11) is -17.1. The van der Waals surface area contributed by atoms with E-state index >= 15 is 0 Å². The number of nitrogen functional groups attached to an aromatic ring is 2. The lowest BCUT2D eigenvalue weighted by Crippen LogP contribution is -2.39. The monoisotopic (exact) mass is 996 g/mol. The predicted octanol–water partition coefficient (Wildman–Crippen LogP) is -4.16. The highest BCUT2D eigenvalue weighted by Crippen LogP contribution is 2.50. The van der Waals surface area contributed by atoms with E-state index in [4.69, 9.17) is 48.1 Å². The van der Waals surface area contributed by atoms with E-state index in [9.17, 15) is 57.6 Å². The van der Waals surface area contributed by atoms with Crippen molar-refractivity contribution in [2.45, 2.75) is 61.9 Å². The molecule has 2 saturated heterocycles. The van der Waals surface area contributed by atoms with E-state index < -0.39 is 118 Å². The van der Waals surface area contributed by atoms with Gasteiger partial charge in [-0.15, -0.1) is 0 Å². The number of anilines is 2. The topological polar surface area (TPSA) is 449 Å². The fourth-order valence-electron chi connectivity index (χ4n) is 6.63. The molecule has 4 aromatic heterocycles. The molecular weight excluding hydrogens is 952 g/mol. The number of aliphatic hydroxyl groups is 2. The Morgan fingerprint density at radius 1 is 0.781 bits per heavy atom. The van der Waals surface area contributed by atoms with Crippen molar-refractivity contribution in [3.63, 3.8) is 0 Å². The number of rotatable bonds is 21. The average Bonchev–Trinajstić information content (AvgIpc) is 3.97. The summed E-state index contributed by atoms with van der Waals surface area (Å²) in [6.45, 7) is -4.36. The number of aromatic amines is 2. The Hall–Kier alpha value is -3.42. The van der Waals surface area contributed by atoms with Crippen molar-refractivity contribution in [1.82, 2.24) is 29.1 Å². The van der Waals surface area contributed by atoms with E-state index in [1.165, 1.54) is 38.0 Å². The lowest BCUT2D eigenvalue weighted by molar-refractivity contribution is -0.646. The molecule has 0 aliphatic carbocycles. The van der Waals surface area contributed by atoms with Crippen molar-refractivity contribution in [3.8, 4) is 0 Å². The van der Waals surface area contributed by atoms with Crippen LogP contribution in [0.15, 0.2) is 22.2 Å². The van der Waals surface area contributed by atoms with Gasteiger partial charge in [0.1, 0.15) is 30.5 Å². The summed E-state index contributed by atoms with van der Waals surface area (Å²) in [6.07, 6.45) is -9.42. The van der Waals surface area contributed by atoms with Gasteiger partial charge in [0.25, 0.3) is 38.0 Å². The molecule has 4 aromatic rings. The number of phosphoric ester groups is 4. The average molecular weight is 997 g/mol. The Morgan fingerprint density at radius 3 is 1.75 bits per heavy atom. The second-order valence-corrected chi connectivity index (χ2v) is 19.9. The molecule has 32 nitrogen and oxygen atoms in total. The van der Waals surface area contributed by atoms with Crippen LogP contribution < -0.4 is 41.5 Å². The first-order valence-corrected chi connectivity index (χ1v) is 24.3. The summed E-state index contributed by atoms with van der Waals surface area (Å²) in [6, 6.07) is 0. The van der Waals surface area contributed by atoms with Crippen molar-refractivity contribution >= 4 is 65.5 Å². The minimum absolute atomic E-state index is 0.0107. The van der Waals surface area contributed by atoms with Crippen LogP contribution in [0.2, 0.25) is 0 Å². The maximum atomic E-state index is 13.1. The van der Waals surface area contributed by atoms with E-state index in [1.54, 1.807) is 7.05 Å². The van der Waals surface area contributed by atoms with Crippen molar-refractivity contribution in [1.29, 1.82) is 0 Å². The van der Waals surface area contributed by atoms with Crippen LogP contribution in [-0.4, -0.2) is 126 Å². The van der Waals surface area contributed by atoms with E-state index in [2.05, 4.69) is 29.0 Å². The first kappa shape index (κ1) is 50.0. The maximum Gasteiger partial charge on any atom is 0.472 e. The molecule has 6 rings (SSSR count). The minimum atomic E-state index is -5.43. The Balaban J connectivity index is 1.10. The second kappa shape index (κ2) is 19.4. The zero-order valence-corrected chi connectivity index (χ0v) is 37.4. The number of hydrogen-bond donors (Lipinski definition) is 8. The summed E-state index contributed by atoms with van der Waals surface area (Å²) in [5, 5.41) is 21.5. The van der Waals surface area contributed by atoms with Crippen LogP contribution in [0.1, 0.15) is 25.3 Å². The molecule has 358 valence electrons. The predicted molar refractivity (Wildman–Crippen MR) is 203 cm³/mol. The zero-order chi connectivity index (χ0) is 47.1. The van der Waals surface area contributed by atoms with E-state index in [1.807, 2.05) is 0 Å². The summed E-state index contributed by atoms with van der Waals surface area (Å²) in [5.41, 5.74) is 10.6. The van der Waals surface area contributed by atoms with Gasteiger partial charge in [-0.2, -0.15) is 19.1 Å². The molecule has 2 fully saturated rings. The van der Waals surface area contributed by atoms with Gasteiger partial charge >= 0.3 is 26.8 Å². The third-order valence-corrected chi connectivity index (χ3v) is 13.5. The van der Waals surface area contributed by atoms with Crippen LogP contribution >= 0.6 is 31.3 Å². The standard InChI is InChI=1S/C28H44N10O22P4/c1-35-11-37(22-18(35)24(41)33-27(29)31-22)17-6-5-13(57-17)7-53-63(47,48)54-8-14(59-61(43,44)51-3)15(60-62(45,46)52-4)9-55-64(49,50)56-10-16-20(39)21(40)26(58-16)38-12-36(2)19-23(38)32-28(30)34-25(19)42/h11-17,20-21,26,39-40H,5-10H2,1-4H3,(H8-2,29,30,31,32,33,34,41,42,43,44,45,46,47,48,49,50)/t13-,14?,15+,16+,17+,20+,21+,26+/m0/s1. The smallest absolute Gasteiger partial charge is 0.472 e. The molecule has 10 N–H and O–H groups in total. The summed E-state index contributed by atoms with van der Waals surface area (Å²) in [5.74, 6) is -0.432. The van der Waals surface area contributed by atoms with Crippen molar-refractivity contribution in [3.05, 3.63) is 33.4 Å². The number of nitrogens with one attached hydrogen (secondary N) is 2. The third-order valence-electron chi connectivity index (χ3n) is 9.61. The molecule has 2 aliphatic heterocycles. The number of fused-ring (bicyclic) bond motifs is 2. The van der Waals surface area contributed by atoms with Crippen molar-refractivity contribution < 1.29 is 103 Å². The van der Waals surface area contributed by atoms with Crippen LogP contribution in [0.4, 0.5) is 11.9 Å². The normalized spacial score (nSPS) is 26.4. The molecule has 2 aliphatic rings. The number of nitrogens with two attached hydrogens (primary N) is 2. The van der Waals surface area contributed by atoms with Gasteiger partial charge in [0.2, 0.25) is 37.0 Å². The number of imidazole rings is 2. The number of hydrogen-bond acceptors (Lipinski definition) is 24. The van der Waals surface area contributed by atoms with E-state index in [0.717, 1.165) is 0 Å². The summed E-state index contributed by atoms with van der Waals surface area (Å²) in [4.78, 5) is 83.6. The molecule has 0 bridgehead atoms. The number of nitrogens with zero attached hydrogens (tertiary/aromatic N) is 6. The quantitative estimate of drug-likeness (QED) is 0.0290.